The Hall–Kier alpha value is -3.15. The maximum absolute atomic E-state index is 13.1. The van der Waals surface area contributed by atoms with Crippen molar-refractivity contribution in [2.24, 2.45) is 0 Å². The summed E-state index contributed by atoms with van der Waals surface area (Å²) in [5.41, 5.74) is 2.87. The number of ether oxygens (including phenoxy) is 1. The van der Waals surface area contributed by atoms with Crippen molar-refractivity contribution in [2.75, 3.05) is 0 Å². The van der Waals surface area contributed by atoms with Gasteiger partial charge in [-0.25, -0.2) is 4.98 Å². The molecule has 5 aromatic rings. The SMILES string of the molecule is O=c1[nH]c(-c2cc(Cl)ccc2OCc2cccc3ccccc23)nc2sc3c(c12)CCCC3. The third-order valence-electron chi connectivity index (χ3n) is 6.28. The molecule has 6 rings (SSSR count). The molecule has 164 valence electrons. The fraction of sp³-hybridized carbons (Fsp3) is 0.185. The number of H-pyrrole nitrogens is 1. The normalized spacial score (nSPS) is 13.4. The third kappa shape index (κ3) is 3.71. The van der Waals surface area contributed by atoms with E-state index in [4.69, 9.17) is 21.3 Å². The van der Waals surface area contributed by atoms with Crippen molar-refractivity contribution in [3.63, 3.8) is 0 Å². The van der Waals surface area contributed by atoms with E-state index in [0.29, 0.717) is 28.8 Å². The summed E-state index contributed by atoms with van der Waals surface area (Å²) in [6, 6.07) is 19.9. The van der Waals surface area contributed by atoms with E-state index in [1.807, 2.05) is 24.3 Å². The first-order valence-corrected chi connectivity index (χ1v) is 12.3. The van der Waals surface area contributed by atoms with Gasteiger partial charge in [-0.1, -0.05) is 54.1 Å². The highest BCUT2D eigenvalue weighted by atomic mass is 35.5. The molecule has 0 radical (unpaired) electrons. The van der Waals surface area contributed by atoms with Crippen molar-refractivity contribution in [2.45, 2.75) is 32.3 Å². The molecule has 6 heteroatoms. The Morgan fingerprint density at radius 1 is 1.03 bits per heavy atom. The minimum Gasteiger partial charge on any atom is -0.488 e. The molecule has 0 saturated carbocycles. The number of aromatic amines is 1. The Morgan fingerprint density at radius 2 is 1.88 bits per heavy atom. The van der Waals surface area contributed by atoms with Crippen LogP contribution in [0.2, 0.25) is 5.02 Å². The molecule has 0 spiro atoms. The lowest BCUT2D eigenvalue weighted by atomic mass is 9.97. The predicted molar refractivity (Wildman–Crippen MR) is 136 cm³/mol. The fourth-order valence-electron chi connectivity index (χ4n) is 4.68. The van der Waals surface area contributed by atoms with Crippen LogP contribution in [-0.2, 0) is 19.4 Å². The third-order valence-corrected chi connectivity index (χ3v) is 7.71. The second kappa shape index (κ2) is 8.32. The summed E-state index contributed by atoms with van der Waals surface area (Å²) in [6.07, 6.45) is 4.28. The largest absolute Gasteiger partial charge is 0.488 e. The Kier molecular flexibility index (Phi) is 5.16. The summed E-state index contributed by atoms with van der Waals surface area (Å²) in [5.74, 6) is 1.12. The van der Waals surface area contributed by atoms with Gasteiger partial charge in [-0.15, -0.1) is 11.3 Å². The highest BCUT2D eigenvalue weighted by Gasteiger charge is 2.21. The van der Waals surface area contributed by atoms with Crippen LogP contribution in [0.1, 0.15) is 28.8 Å². The zero-order valence-electron chi connectivity index (χ0n) is 17.9. The first kappa shape index (κ1) is 20.5. The van der Waals surface area contributed by atoms with Crippen LogP contribution in [0.3, 0.4) is 0 Å². The number of aryl methyl sites for hydroxylation is 2. The number of thiophene rings is 1. The van der Waals surface area contributed by atoms with Crippen molar-refractivity contribution < 1.29 is 4.74 Å². The lowest BCUT2D eigenvalue weighted by Crippen LogP contribution is -2.11. The molecular formula is C27H21ClN2O2S. The van der Waals surface area contributed by atoms with Crippen molar-refractivity contribution >= 4 is 43.9 Å². The molecule has 0 atom stereocenters. The van der Waals surface area contributed by atoms with Crippen LogP contribution < -0.4 is 10.3 Å². The highest BCUT2D eigenvalue weighted by Crippen LogP contribution is 2.36. The van der Waals surface area contributed by atoms with Gasteiger partial charge in [0.15, 0.2) is 0 Å². The van der Waals surface area contributed by atoms with Gasteiger partial charge in [-0.05, 0) is 65.8 Å². The molecule has 3 aromatic carbocycles. The molecule has 1 N–H and O–H groups in total. The van der Waals surface area contributed by atoms with E-state index in [-0.39, 0.29) is 5.56 Å². The Morgan fingerprint density at radius 3 is 2.82 bits per heavy atom. The van der Waals surface area contributed by atoms with Crippen LogP contribution in [0, 0.1) is 0 Å². The summed E-state index contributed by atoms with van der Waals surface area (Å²) in [7, 11) is 0. The molecule has 0 saturated heterocycles. The van der Waals surface area contributed by atoms with E-state index >= 15 is 0 Å². The number of fused-ring (bicyclic) bond motifs is 4. The maximum atomic E-state index is 13.1. The number of hydrogen-bond donors (Lipinski definition) is 1. The topological polar surface area (TPSA) is 55.0 Å². The number of hydrogen-bond acceptors (Lipinski definition) is 4. The number of benzene rings is 3. The van der Waals surface area contributed by atoms with E-state index in [0.717, 1.165) is 40.4 Å². The molecule has 0 amide bonds. The number of nitrogens with zero attached hydrogens (tertiary/aromatic N) is 1. The van der Waals surface area contributed by atoms with Crippen molar-refractivity contribution in [3.05, 3.63) is 92.0 Å². The zero-order valence-corrected chi connectivity index (χ0v) is 19.4. The summed E-state index contributed by atoms with van der Waals surface area (Å²) in [5, 5.41) is 3.65. The van der Waals surface area contributed by atoms with Gasteiger partial charge < -0.3 is 9.72 Å². The van der Waals surface area contributed by atoms with Crippen LogP contribution >= 0.6 is 22.9 Å². The van der Waals surface area contributed by atoms with E-state index in [1.54, 1.807) is 23.5 Å². The van der Waals surface area contributed by atoms with Crippen LogP contribution in [0.15, 0.2) is 65.5 Å². The first-order chi connectivity index (χ1) is 16.2. The monoisotopic (exact) mass is 472 g/mol. The smallest absolute Gasteiger partial charge is 0.260 e. The highest BCUT2D eigenvalue weighted by molar-refractivity contribution is 7.18. The lowest BCUT2D eigenvalue weighted by Gasteiger charge is -2.13. The number of halogens is 1. The van der Waals surface area contributed by atoms with Gasteiger partial charge in [0.25, 0.3) is 5.56 Å². The van der Waals surface area contributed by atoms with Crippen LogP contribution in [0.25, 0.3) is 32.4 Å². The fourth-order valence-corrected chi connectivity index (χ4v) is 6.11. The minimum atomic E-state index is -0.0885. The van der Waals surface area contributed by atoms with Gasteiger partial charge in [-0.2, -0.15) is 0 Å². The molecule has 2 heterocycles. The second-order valence-corrected chi connectivity index (χ2v) is 9.89. The number of nitrogens with one attached hydrogen (secondary N) is 1. The predicted octanol–water partition coefficient (Wildman–Crippen LogP) is 6.92. The minimum absolute atomic E-state index is 0.0885. The number of rotatable bonds is 4. The molecule has 4 nitrogen and oxygen atoms in total. The molecule has 0 unspecified atom stereocenters. The molecule has 33 heavy (non-hydrogen) atoms. The van der Waals surface area contributed by atoms with Gasteiger partial charge in [0.05, 0.1) is 10.9 Å². The van der Waals surface area contributed by atoms with Crippen molar-refractivity contribution in [1.82, 2.24) is 9.97 Å². The van der Waals surface area contributed by atoms with Crippen molar-refractivity contribution in [3.8, 4) is 17.1 Å². The zero-order chi connectivity index (χ0) is 22.4. The van der Waals surface area contributed by atoms with Gasteiger partial charge in [0.2, 0.25) is 0 Å². The molecule has 0 bridgehead atoms. The number of aromatic nitrogens is 2. The second-order valence-electron chi connectivity index (χ2n) is 8.37. The Balaban J connectivity index is 1.40. The van der Waals surface area contributed by atoms with Gasteiger partial charge >= 0.3 is 0 Å². The van der Waals surface area contributed by atoms with Gasteiger partial charge in [0, 0.05) is 9.90 Å². The average molecular weight is 473 g/mol. The molecule has 2 aromatic heterocycles. The van der Waals surface area contributed by atoms with E-state index < -0.39 is 0 Å². The molecule has 0 fully saturated rings. The molecule has 0 aliphatic heterocycles. The lowest BCUT2D eigenvalue weighted by molar-refractivity contribution is 0.309. The Bertz CT molecular complexity index is 1570. The van der Waals surface area contributed by atoms with Gasteiger partial charge in [0.1, 0.15) is 23.0 Å². The summed E-state index contributed by atoms with van der Waals surface area (Å²) >= 11 is 7.97. The van der Waals surface area contributed by atoms with Gasteiger partial charge in [-0.3, -0.25) is 4.79 Å². The summed E-state index contributed by atoms with van der Waals surface area (Å²) in [6.45, 7) is 0.399. The van der Waals surface area contributed by atoms with Crippen LogP contribution in [0.4, 0.5) is 0 Å². The van der Waals surface area contributed by atoms with E-state index in [9.17, 15) is 4.79 Å². The molecule has 1 aliphatic carbocycles. The Labute approximate surface area is 199 Å². The maximum Gasteiger partial charge on any atom is 0.260 e. The van der Waals surface area contributed by atoms with E-state index in [1.165, 1.54) is 22.2 Å². The van der Waals surface area contributed by atoms with Crippen molar-refractivity contribution in [1.29, 1.82) is 0 Å². The van der Waals surface area contributed by atoms with Crippen LogP contribution in [-0.4, -0.2) is 9.97 Å². The van der Waals surface area contributed by atoms with E-state index in [2.05, 4.69) is 29.2 Å². The average Bonchev–Trinajstić information content (AvgIpc) is 3.22. The standard InChI is InChI=1S/C27H21ClN2O2S/c28-18-12-13-22(32-15-17-8-5-7-16-6-1-2-9-19(16)17)21(14-18)25-29-26(31)24-20-10-3-4-11-23(20)33-27(24)30-25/h1-2,5-9,12-14H,3-4,10-11,15H2,(H,29,30,31). The quantitative estimate of drug-likeness (QED) is 0.309. The summed E-state index contributed by atoms with van der Waals surface area (Å²) in [4.78, 5) is 23.0. The first-order valence-electron chi connectivity index (χ1n) is 11.1. The molecule has 1 aliphatic rings. The molecular weight excluding hydrogens is 452 g/mol. The van der Waals surface area contributed by atoms with Crippen LogP contribution in [0.5, 0.6) is 5.75 Å². The summed E-state index contributed by atoms with van der Waals surface area (Å²) < 4.78 is 6.26.